The smallest absolute Gasteiger partial charge is 0.269 e. The van der Waals surface area contributed by atoms with Gasteiger partial charge in [-0.25, -0.2) is 8.42 Å². The van der Waals surface area contributed by atoms with Gasteiger partial charge in [0.05, 0.1) is 35.2 Å². The van der Waals surface area contributed by atoms with Gasteiger partial charge in [0.2, 0.25) is 10.0 Å². The molecule has 0 radical (unpaired) electrons. The molecule has 3 aromatic rings. The number of rotatable bonds is 6. The monoisotopic (exact) mass is 508 g/mol. The van der Waals surface area contributed by atoms with Crippen molar-refractivity contribution >= 4 is 44.8 Å². The van der Waals surface area contributed by atoms with Gasteiger partial charge in [-0.15, -0.1) is 0 Å². The quantitative estimate of drug-likeness (QED) is 0.341. The average Bonchev–Trinajstić information content (AvgIpc) is 2.90. The summed E-state index contributed by atoms with van der Waals surface area (Å²) in [4.78, 5) is 15.1. The van der Waals surface area contributed by atoms with E-state index in [-0.39, 0.29) is 10.5 Å². The number of hydrazine groups is 1. The molecule has 10 heteroatoms. The van der Waals surface area contributed by atoms with Gasteiger partial charge < -0.3 is 10.1 Å². The number of ether oxygens (including phenoxy) is 1. The first-order valence-corrected chi connectivity index (χ1v) is 13.3. The Morgan fingerprint density at radius 3 is 2.51 bits per heavy atom. The number of sulfonamides is 1. The summed E-state index contributed by atoms with van der Waals surface area (Å²) in [5, 5.41) is 3.43. The van der Waals surface area contributed by atoms with Crippen LogP contribution in [0.15, 0.2) is 88.0 Å². The molecule has 0 spiro atoms. The molecule has 0 unspecified atom stereocenters. The van der Waals surface area contributed by atoms with Gasteiger partial charge in [-0.1, -0.05) is 42.6 Å². The van der Waals surface area contributed by atoms with Crippen LogP contribution in [0.1, 0.15) is 15.9 Å². The Kier molecular flexibility index (Phi) is 6.52. The van der Waals surface area contributed by atoms with Crippen molar-refractivity contribution in [3.8, 4) is 0 Å². The number of amides is 1. The van der Waals surface area contributed by atoms with E-state index in [1.165, 1.54) is 16.4 Å². The lowest BCUT2D eigenvalue weighted by atomic mass is 10.1. The lowest BCUT2D eigenvalue weighted by Crippen LogP contribution is -2.40. The van der Waals surface area contributed by atoms with Crippen molar-refractivity contribution in [2.24, 2.45) is 0 Å². The molecular weight excluding hydrogens is 484 g/mol. The maximum Gasteiger partial charge on any atom is 0.269 e. The predicted octanol–water partition coefficient (Wildman–Crippen LogP) is 3.82. The second kappa shape index (κ2) is 9.74. The number of para-hydroxylation sites is 1. The number of carbonyl (C=O) groups excluding carboxylic acids is 1. The van der Waals surface area contributed by atoms with Crippen LogP contribution in [0.25, 0.3) is 5.70 Å². The van der Waals surface area contributed by atoms with Gasteiger partial charge in [0, 0.05) is 34.0 Å². The summed E-state index contributed by atoms with van der Waals surface area (Å²) >= 11 is 1.69. The fraction of sp³-hybridized carbons (Fsp3) is 0.160. The number of nitrogens with zero attached hydrogens (tertiary/aromatic N) is 1. The number of benzene rings is 3. The Morgan fingerprint density at radius 2 is 1.69 bits per heavy atom. The average molecular weight is 509 g/mol. The van der Waals surface area contributed by atoms with Gasteiger partial charge in [-0.3, -0.25) is 15.6 Å². The van der Waals surface area contributed by atoms with E-state index in [1.807, 2.05) is 36.4 Å². The molecule has 2 aliphatic rings. The molecule has 8 nitrogen and oxygen atoms in total. The molecule has 2 heterocycles. The molecule has 0 saturated carbocycles. The third-order valence-corrected chi connectivity index (χ3v) is 8.78. The van der Waals surface area contributed by atoms with Gasteiger partial charge in [-0.05, 0) is 42.5 Å². The van der Waals surface area contributed by atoms with Crippen molar-refractivity contribution in [3.63, 3.8) is 0 Å². The lowest BCUT2D eigenvalue weighted by Gasteiger charge is -2.26. The van der Waals surface area contributed by atoms with Crippen LogP contribution in [0.5, 0.6) is 0 Å². The minimum atomic E-state index is -3.70. The Bertz CT molecular complexity index is 1400. The van der Waals surface area contributed by atoms with Crippen LogP contribution >= 0.6 is 11.8 Å². The molecule has 180 valence electrons. The van der Waals surface area contributed by atoms with Gasteiger partial charge >= 0.3 is 0 Å². The van der Waals surface area contributed by atoms with Crippen molar-refractivity contribution in [2.75, 3.05) is 31.6 Å². The summed E-state index contributed by atoms with van der Waals surface area (Å²) in [7, 11) is -3.70. The van der Waals surface area contributed by atoms with E-state index in [1.54, 1.807) is 23.9 Å². The topological polar surface area (TPSA) is 99.8 Å². The second-order valence-corrected chi connectivity index (χ2v) is 11.1. The molecule has 3 aromatic carbocycles. The molecule has 5 rings (SSSR count). The number of hydrogen-bond acceptors (Lipinski definition) is 7. The van der Waals surface area contributed by atoms with Gasteiger partial charge in [-0.2, -0.15) is 4.31 Å². The van der Waals surface area contributed by atoms with Crippen molar-refractivity contribution in [1.82, 2.24) is 15.2 Å². The fourth-order valence-corrected chi connectivity index (χ4v) is 6.26. The molecule has 3 N–H and O–H groups in total. The number of nitrogens with one attached hydrogen (secondary N) is 3. The van der Waals surface area contributed by atoms with Crippen LogP contribution in [0.2, 0.25) is 0 Å². The van der Waals surface area contributed by atoms with E-state index in [0.29, 0.717) is 32.0 Å². The highest BCUT2D eigenvalue weighted by Gasteiger charge is 2.27. The summed E-state index contributed by atoms with van der Waals surface area (Å²) < 4.78 is 32.4. The molecular formula is C25H24N4O4S2. The van der Waals surface area contributed by atoms with Crippen LogP contribution in [0.3, 0.4) is 0 Å². The highest BCUT2D eigenvalue weighted by atomic mass is 32.2. The number of morpholine rings is 1. The first-order chi connectivity index (χ1) is 16.9. The Labute approximate surface area is 208 Å². The van der Waals surface area contributed by atoms with Crippen LogP contribution in [-0.4, -0.2) is 44.9 Å². The van der Waals surface area contributed by atoms with E-state index in [2.05, 4.69) is 28.8 Å². The summed E-state index contributed by atoms with van der Waals surface area (Å²) in [5.41, 5.74) is 8.98. The molecule has 2 aliphatic heterocycles. The standard InChI is InChI=1S/C25H24N4O4S2/c1-17(18-9-10-24-22(16-18)26-21-7-2-3-8-23(21)34-24)27-28-25(30)19-5-4-6-20(15-19)35(31,32)29-11-13-33-14-12-29/h2-10,15-16,26-27H,1,11-14H2,(H,28,30). The largest absolute Gasteiger partial charge is 0.379 e. The van der Waals surface area contributed by atoms with E-state index in [0.717, 1.165) is 26.7 Å². The molecule has 0 bridgehead atoms. The zero-order valence-corrected chi connectivity index (χ0v) is 20.4. The molecule has 1 amide bonds. The molecule has 0 aliphatic carbocycles. The second-order valence-electron chi connectivity index (χ2n) is 8.04. The lowest BCUT2D eigenvalue weighted by molar-refractivity contribution is 0.0730. The van der Waals surface area contributed by atoms with Gasteiger partial charge in [0.15, 0.2) is 0 Å². The summed E-state index contributed by atoms with van der Waals surface area (Å²) in [6.07, 6.45) is 0. The van der Waals surface area contributed by atoms with E-state index >= 15 is 0 Å². The highest BCUT2D eigenvalue weighted by Crippen LogP contribution is 2.44. The van der Waals surface area contributed by atoms with Crippen molar-refractivity contribution in [1.29, 1.82) is 0 Å². The van der Waals surface area contributed by atoms with E-state index in [9.17, 15) is 13.2 Å². The first-order valence-electron chi connectivity index (χ1n) is 11.0. The minimum absolute atomic E-state index is 0.0735. The SMILES string of the molecule is C=C(NNC(=O)c1cccc(S(=O)(=O)N2CCOCC2)c1)c1ccc2c(c1)Nc1ccccc1S2. The van der Waals surface area contributed by atoms with Crippen LogP contribution in [-0.2, 0) is 14.8 Å². The summed E-state index contributed by atoms with van der Waals surface area (Å²) in [6.45, 7) is 5.32. The summed E-state index contributed by atoms with van der Waals surface area (Å²) in [6, 6.07) is 20.0. The first kappa shape index (κ1) is 23.4. The van der Waals surface area contributed by atoms with Gasteiger partial charge in [0.1, 0.15) is 0 Å². The summed E-state index contributed by atoms with van der Waals surface area (Å²) in [5.74, 6) is -0.467. The highest BCUT2D eigenvalue weighted by molar-refractivity contribution is 7.99. The van der Waals surface area contributed by atoms with E-state index < -0.39 is 15.9 Å². The maximum atomic E-state index is 12.9. The van der Waals surface area contributed by atoms with Crippen LogP contribution in [0.4, 0.5) is 11.4 Å². The Morgan fingerprint density at radius 1 is 0.914 bits per heavy atom. The Balaban J connectivity index is 1.25. The predicted molar refractivity (Wildman–Crippen MR) is 136 cm³/mol. The number of hydrogen-bond donors (Lipinski definition) is 3. The third kappa shape index (κ3) is 4.92. The zero-order valence-electron chi connectivity index (χ0n) is 18.8. The maximum absolute atomic E-state index is 12.9. The fourth-order valence-electron chi connectivity index (χ4n) is 3.84. The van der Waals surface area contributed by atoms with Gasteiger partial charge in [0.25, 0.3) is 5.91 Å². The van der Waals surface area contributed by atoms with Crippen molar-refractivity contribution in [2.45, 2.75) is 14.7 Å². The molecule has 35 heavy (non-hydrogen) atoms. The van der Waals surface area contributed by atoms with Crippen LogP contribution in [0, 0.1) is 0 Å². The Hall–Kier alpha value is -3.31. The minimum Gasteiger partial charge on any atom is -0.379 e. The van der Waals surface area contributed by atoms with E-state index in [4.69, 9.17) is 4.74 Å². The van der Waals surface area contributed by atoms with Crippen molar-refractivity contribution in [3.05, 3.63) is 84.4 Å². The number of fused-ring (bicyclic) bond motifs is 2. The normalized spacial score (nSPS) is 15.3. The number of anilines is 2. The molecule has 1 saturated heterocycles. The molecule has 0 aromatic heterocycles. The van der Waals surface area contributed by atoms with Crippen molar-refractivity contribution < 1.29 is 17.9 Å². The zero-order chi connectivity index (χ0) is 24.4. The molecule has 1 fully saturated rings. The number of carbonyl (C=O) groups is 1. The third-order valence-electron chi connectivity index (χ3n) is 5.74. The van der Waals surface area contributed by atoms with Crippen LogP contribution < -0.4 is 16.2 Å². The molecule has 0 atom stereocenters.